The first-order chi connectivity index (χ1) is 7.59. The van der Waals surface area contributed by atoms with Crippen LogP contribution in [0.2, 0.25) is 0 Å². The van der Waals surface area contributed by atoms with Gasteiger partial charge in [-0.1, -0.05) is 30.3 Å². The van der Waals surface area contributed by atoms with Crippen LogP contribution in [0.15, 0.2) is 30.3 Å². The van der Waals surface area contributed by atoms with Crippen molar-refractivity contribution >= 4 is 11.8 Å². The van der Waals surface area contributed by atoms with E-state index < -0.39 is 12.0 Å². The van der Waals surface area contributed by atoms with Crippen LogP contribution in [-0.2, 0) is 20.9 Å². The largest absolute Gasteiger partial charge is 0.460 e. The third kappa shape index (κ3) is 4.23. The molecule has 4 heteroatoms. The van der Waals surface area contributed by atoms with E-state index in [1.807, 2.05) is 30.3 Å². The number of ether oxygens (including phenoxy) is 1. The van der Waals surface area contributed by atoms with E-state index in [1.165, 1.54) is 6.92 Å². The molecule has 0 saturated heterocycles. The fourth-order valence-electron chi connectivity index (χ4n) is 1.23. The maximum Gasteiger partial charge on any atom is 0.323 e. The first-order valence-corrected chi connectivity index (χ1v) is 5.05. The van der Waals surface area contributed by atoms with E-state index in [1.54, 1.807) is 0 Å². The van der Waals surface area contributed by atoms with Crippen molar-refractivity contribution in [3.8, 4) is 0 Å². The van der Waals surface area contributed by atoms with Gasteiger partial charge in [0.15, 0.2) is 0 Å². The van der Waals surface area contributed by atoms with Gasteiger partial charge in [-0.2, -0.15) is 0 Å². The molecule has 1 atom stereocenters. The van der Waals surface area contributed by atoms with Gasteiger partial charge in [-0.25, -0.2) is 0 Å². The molecule has 0 fully saturated rings. The maximum absolute atomic E-state index is 11.4. The Morgan fingerprint density at radius 1 is 1.31 bits per heavy atom. The standard InChI is InChI=1S/C12H15NO3/c1-9(14)7-11(13)12(15)16-8-10-5-3-2-4-6-10/h2-6,11H,7-8,13H2,1H3. The molecule has 1 unspecified atom stereocenters. The van der Waals surface area contributed by atoms with E-state index in [0.717, 1.165) is 5.56 Å². The van der Waals surface area contributed by atoms with Crippen LogP contribution in [0.3, 0.4) is 0 Å². The second kappa shape index (κ2) is 6.02. The van der Waals surface area contributed by atoms with Crippen molar-refractivity contribution in [2.75, 3.05) is 0 Å². The summed E-state index contributed by atoms with van der Waals surface area (Å²) in [6, 6.07) is 8.44. The van der Waals surface area contributed by atoms with Gasteiger partial charge in [0.05, 0.1) is 0 Å². The van der Waals surface area contributed by atoms with Gasteiger partial charge < -0.3 is 10.5 Å². The Bertz CT molecular complexity index is 362. The summed E-state index contributed by atoms with van der Waals surface area (Å²) in [6.07, 6.45) is 0.0215. The number of carbonyl (C=O) groups excluding carboxylic acids is 2. The van der Waals surface area contributed by atoms with Gasteiger partial charge in [-0.3, -0.25) is 9.59 Å². The number of hydrogen-bond acceptors (Lipinski definition) is 4. The molecule has 1 aromatic rings. The van der Waals surface area contributed by atoms with Gasteiger partial charge >= 0.3 is 5.97 Å². The number of carbonyl (C=O) groups is 2. The summed E-state index contributed by atoms with van der Waals surface area (Å²) in [5.74, 6) is -0.664. The maximum atomic E-state index is 11.4. The van der Waals surface area contributed by atoms with Crippen LogP contribution >= 0.6 is 0 Å². The normalized spacial score (nSPS) is 11.9. The van der Waals surface area contributed by atoms with E-state index >= 15 is 0 Å². The molecule has 1 aromatic carbocycles. The molecule has 0 radical (unpaired) electrons. The summed E-state index contributed by atoms with van der Waals surface area (Å²) in [6.45, 7) is 1.58. The minimum Gasteiger partial charge on any atom is -0.460 e. The van der Waals surface area contributed by atoms with Gasteiger partial charge in [-0.05, 0) is 12.5 Å². The van der Waals surface area contributed by atoms with E-state index in [4.69, 9.17) is 10.5 Å². The Hall–Kier alpha value is -1.68. The molecule has 0 aliphatic rings. The second-order valence-electron chi connectivity index (χ2n) is 3.61. The number of nitrogens with two attached hydrogens (primary N) is 1. The Kier molecular flexibility index (Phi) is 4.66. The summed E-state index contributed by atoms with van der Waals surface area (Å²) in [5.41, 5.74) is 6.38. The first kappa shape index (κ1) is 12.4. The zero-order chi connectivity index (χ0) is 12.0. The number of rotatable bonds is 5. The summed E-state index contributed by atoms with van der Waals surface area (Å²) >= 11 is 0. The van der Waals surface area contributed by atoms with Gasteiger partial charge in [-0.15, -0.1) is 0 Å². The number of hydrogen-bond donors (Lipinski definition) is 1. The molecule has 86 valence electrons. The van der Waals surface area contributed by atoms with E-state index in [-0.39, 0.29) is 18.8 Å². The monoisotopic (exact) mass is 221 g/mol. The Balaban J connectivity index is 2.38. The number of ketones is 1. The molecule has 0 aliphatic carbocycles. The molecule has 0 saturated carbocycles. The summed E-state index contributed by atoms with van der Waals surface area (Å²) < 4.78 is 4.97. The highest BCUT2D eigenvalue weighted by molar-refractivity contribution is 5.84. The van der Waals surface area contributed by atoms with E-state index in [2.05, 4.69) is 0 Å². The molecule has 2 N–H and O–H groups in total. The lowest BCUT2D eigenvalue weighted by molar-refractivity contribution is -0.147. The van der Waals surface area contributed by atoms with E-state index in [9.17, 15) is 9.59 Å². The highest BCUT2D eigenvalue weighted by Gasteiger charge is 2.16. The predicted octanol–water partition coefficient (Wildman–Crippen LogP) is 1.04. The number of benzene rings is 1. The van der Waals surface area contributed by atoms with Crippen molar-refractivity contribution in [1.29, 1.82) is 0 Å². The molecule has 0 amide bonds. The van der Waals surface area contributed by atoms with Crippen LogP contribution in [0.4, 0.5) is 0 Å². The molecule has 0 aliphatic heterocycles. The van der Waals surface area contributed by atoms with Crippen molar-refractivity contribution in [3.05, 3.63) is 35.9 Å². The number of esters is 1. The predicted molar refractivity (Wildman–Crippen MR) is 59.5 cm³/mol. The third-order valence-electron chi connectivity index (χ3n) is 2.03. The molecular formula is C12H15NO3. The van der Waals surface area contributed by atoms with Crippen molar-refractivity contribution in [3.63, 3.8) is 0 Å². The zero-order valence-electron chi connectivity index (χ0n) is 9.18. The summed E-state index contributed by atoms with van der Waals surface area (Å²) in [5, 5.41) is 0. The minimum atomic E-state index is -0.860. The van der Waals surface area contributed by atoms with Crippen LogP contribution in [0, 0.1) is 0 Å². The van der Waals surface area contributed by atoms with Crippen molar-refractivity contribution in [1.82, 2.24) is 0 Å². The van der Waals surface area contributed by atoms with Crippen LogP contribution < -0.4 is 5.73 Å². The van der Waals surface area contributed by atoms with Crippen LogP contribution in [-0.4, -0.2) is 17.8 Å². The summed E-state index contributed by atoms with van der Waals surface area (Å²) in [4.78, 5) is 22.1. The fourth-order valence-corrected chi connectivity index (χ4v) is 1.23. The van der Waals surface area contributed by atoms with Gasteiger partial charge in [0.1, 0.15) is 18.4 Å². The average Bonchev–Trinajstić information content (AvgIpc) is 2.26. The quantitative estimate of drug-likeness (QED) is 0.754. The molecule has 0 heterocycles. The van der Waals surface area contributed by atoms with Gasteiger partial charge in [0, 0.05) is 6.42 Å². The zero-order valence-corrected chi connectivity index (χ0v) is 9.18. The Morgan fingerprint density at radius 2 is 1.94 bits per heavy atom. The van der Waals surface area contributed by atoms with Crippen molar-refractivity contribution < 1.29 is 14.3 Å². The van der Waals surface area contributed by atoms with Gasteiger partial charge in [0.25, 0.3) is 0 Å². The molecule has 1 rings (SSSR count). The lowest BCUT2D eigenvalue weighted by atomic mass is 10.2. The highest BCUT2D eigenvalue weighted by Crippen LogP contribution is 2.02. The molecule has 0 bridgehead atoms. The molecule has 0 spiro atoms. The minimum absolute atomic E-state index is 0.0215. The number of Topliss-reactive ketones (excluding diaryl/α,β-unsaturated/α-hetero) is 1. The fraction of sp³-hybridized carbons (Fsp3) is 0.333. The van der Waals surface area contributed by atoms with Crippen LogP contribution in [0.5, 0.6) is 0 Å². The van der Waals surface area contributed by atoms with Crippen molar-refractivity contribution in [2.24, 2.45) is 5.73 Å². The van der Waals surface area contributed by atoms with Crippen LogP contribution in [0.1, 0.15) is 18.9 Å². The van der Waals surface area contributed by atoms with Crippen molar-refractivity contribution in [2.45, 2.75) is 26.0 Å². The highest BCUT2D eigenvalue weighted by atomic mass is 16.5. The molecule has 0 aromatic heterocycles. The molecular weight excluding hydrogens is 206 g/mol. The Labute approximate surface area is 94.4 Å². The molecule has 4 nitrogen and oxygen atoms in total. The summed E-state index contributed by atoms with van der Waals surface area (Å²) in [7, 11) is 0. The van der Waals surface area contributed by atoms with Crippen LogP contribution in [0.25, 0.3) is 0 Å². The molecule has 16 heavy (non-hydrogen) atoms. The van der Waals surface area contributed by atoms with E-state index in [0.29, 0.717) is 0 Å². The second-order valence-corrected chi connectivity index (χ2v) is 3.61. The lowest BCUT2D eigenvalue weighted by Crippen LogP contribution is -2.33. The average molecular weight is 221 g/mol. The third-order valence-corrected chi connectivity index (χ3v) is 2.03. The van der Waals surface area contributed by atoms with Gasteiger partial charge in [0.2, 0.25) is 0 Å². The first-order valence-electron chi connectivity index (χ1n) is 5.05. The SMILES string of the molecule is CC(=O)CC(N)C(=O)OCc1ccccc1. The topological polar surface area (TPSA) is 69.4 Å². The Morgan fingerprint density at radius 3 is 2.50 bits per heavy atom. The lowest BCUT2D eigenvalue weighted by Gasteiger charge is -2.09. The smallest absolute Gasteiger partial charge is 0.323 e.